The number of ether oxygens (including phenoxy) is 2. The fourth-order valence-corrected chi connectivity index (χ4v) is 2.39. The van der Waals surface area contributed by atoms with Gasteiger partial charge in [-0.25, -0.2) is 0 Å². The van der Waals surface area contributed by atoms with Crippen LogP contribution >= 0.6 is 0 Å². The van der Waals surface area contributed by atoms with E-state index in [9.17, 15) is 13.6 Å². The molecule has 0 N–H and O–H groups in total. The average Bonchev–Trinajstić information content (AvgIpc) is 2.75. The first kappa shape index (κ1) is 20.8. The molecule has 0 aliphatic carbocycles. The summed E-state index contributed by atoms with van der Waals surface area (Å²) in [6.07, 6.45) is 0. The number of benzene rings is 1. The quantitative estimate of drug-likeness (QED) is 0.420. The van der Waals surface area contributed by atoms with Crippen molar-refractivity contribution in [1.82, 2.24) is 0 Å². The third-order valence-corrected chi connectivity index (χ3v) is 4.67. The molecule has 0 radical (unpaired) electrons. The first-order chi connectivity index (χ1) is 11.9. The van der Waals surface area contributed by atoms with Crippen LogP contribution in [0.4, 0.5) is 8.78 Å². The van der Waals surface area contributed by atoms with Gasteiger partial charge in [-0.3, -0.25) is 4.79 Å². The maximum absolute atomic E-state index is 14.2. The molecule has 0 bridgehead atoms. The summed E-state index contributed by atoms with van der Waals surface area (Å²) in [6.45, 7) is 8.06. The number of carbonyl (C=O) groups is 1. The molecule has 144 valence electrons. The number of hydrogen-bond acceptors (Lipinski definition) is 5. The molecule has 1 aromatic carbocycles. The van der Waals surface area contributed by atoms with Crippen LogP contribution in [0.5, 0.6) is 0 Å². The number of halogens is 2. The van der Waals surface area contributed by atoms with Crippen LogP contribution in [0.25, 0.3) is 0 Å². The Morgan fingerprint density at radius 3 is 2.12 bits per heavy atom. The molecule has 26 heavy (non-hydrogen) atoms. The maximum atomic E-state index is 14.2. The van der Waals surface area contributed by atoms with E-state index in [0.717, 1.165) is 0 Å². The first-order valence-corrected chi connectivity index (χ1v) is 8.50. The van der Waals surface area contributed by atoms with Crippen LogP contribution in [0, 0.1) is 0 Å². The van der Waals surface area contributed by atoms with Gasteiger partial charge >= 0.3 is 13.1 Å². The van der Waals surface area contributed by atoms with E-state index in [0.29, 0.717) is 5.46 Å². The summed E-state index contributed by atoms with van der Waals surface area (Å²) in [6, 6.07) is 5.83. The standard InChI is InChI=1S/C18H25BF2O5/c1-13(22)24-11-10-23-12-18(20,21)14-6-8-15(9-7-14)19-25-16(2,3)17(4,5)26-19/h6-9H,10-12H2,1-5H3. The number of alkyl halides is 2. The summed E-state index contributed by atoms with van der Waals surface area (Å²) < 4.78 is 49.8. The lowest BCUT2D eigenvalue weighted by Crippen LogP contribution is -2.41. The van der Waals surface area contributed by atoms with E-state index in [-0.39, 0.29) is 18.8 Å². The van der Waals surface area contributed by atoms with Gasteiger partial charge in [0.15, 0.2) is 0 Å². The second kappa shape index (κ2) is 7.62. The van der Waals surface area contributed by atoms with Crippen molar-refractivity contribution >= 4 is 18.6 Å². The van der Waals surface area contributed by atoms with E-state index >= 15 is 0 Å². The molecule has 2 rings (SSSR count). The van der Waals surface area contributed by atoms with Gasteiger partial charge in [-0.05, 0) is 33.2 Å². The van der Waals surface area contributed by atoms with Crippen molar-refractivity contribution in [3.05, 3.63) is 29.8 Å². The summed E-state index contributed by atoms with van der Waals surface area (Å²) in [7, 11) is -0.595. The molecular formula is C18H25BF2O5. The van der Waals surface area contributed by atoms with Gasteiger partial charge in [0.25, 0.3) is 5.92 Å². The highest BCUT2D eigenvalue weighted by atomic mass is 19.3. The molecule has 0 unspecified atom stereocenters. The Labute approximate surface area is 153 Å². The molecule has 1 heterocycles. The van der Waals surface area contributed by atoms with Gasteiger partial charge in [-0.2, -0.15) is 8.78 Å². The fraction of sp³-hybridized carbons (Fsp3) is 0.611. The number of hydrogen-bond donors (Lipinski definition) is 0. The van der Waals surface area contributed by atoms with E-state index in [2.05, 4.69) is 4.74 Å². The van der Waals surface area contributed by atoms with Gasteiger partial charge < -0.3 is 18.8 Å². The van der Waals surface area contributed by atoms with E-state index in [1.54, 1.807) is 12.1 Å². The summed E-state index contributed by atoms with van der Waals surface area (Å²) in [5.74, 6) is -3.62. The number of esters is 1. The average molecular weight is 370 g/mol. The Bertz CT molecular complexity index is 615. The molecular weight excluding hydrogens is 345 g/mol. The minimum atomic E-state index is -3.15. The van der Waals surface area contributed by atoms with Gasteiger partial charge in [0, 0.05) is 12.5 Å². The lowest BCUT2D eigenvalue weighted by Gasteiger charge is -2.32. The predicted octanol–water partition coefficient (Wildman–Crippen LogP) is 2.66. The van der Waals surface area contributed by atoms with Crippen LogP contribution in [0.1, 0.15) is 40.2 Å². The zero-order valence-electron chi connectivity index (χ0n) is 15.8. The highest BCUT2D eigenvalue weighted by Crippen LogP contribution is 2.36. The molecule has 0 atom stereocenters. The molecule has 0 aromatic heterocycles. The van der Waals surface area contributed by atoms with Crippen molar-refractivity contribution in [3.8, 4) is 0 Å². The van der Waals surface area contributed by atoms with Gasteiger partial charge in [-0.1, -0.05) is 24.3 Å². The molecule has 0 amide bonds. The normalized spacial score (nSPS) is 18.8. The van der Waals surface area contributed by atoms with Crippen molar-refractivity contribution < 1.29 is 32.4 Å². The third-order valence-electron chi connectivity index (χ3n) is 4.67. The van der Waals surface area contributed by atoms with Gasteiger partial charge in [0.2, 0.25) is 0 Å². The zero-order valence-corrected chi connectivity index (χ0v) is 15.8. The SMILES string of the molecule is CC(=O)OCCOCC(F)(F)c1ccc(B2OC(C)(C)C(C)(C)O2)cc1. The highest BCUT2D eigenvalue weighted by molar-refractivity contribution is 6.62. The number of carbonyl (C=O) groups excluding carboxylic acids is 1. The summed E-state index contributed by atoms with van der Waals surface area (Å²) >= 11 is 0. The molecule has 5 nitrogen and oxygen atoms in total. The maximum Gasteiger partial charge on any atom is 0.494 e. The van der Waals surface area contributed by atoms with Crippen molar-refractivity contribution in [2.24, 2.45) is 0 Å². The first-order valence-electron chi connectivity index (χ1n) is 8.50. The summed E-state index contributed by atoms with van der Waals surface area (Å²) in [4.78, 5) is 10.6. The van der Waals surface area contributed by atoms with E-state index < -0.39 is 36.8 Å². The Kier molecular flexibility index (Phi) is 6.10. The Morgan fingerprint density at radius 2 is 1.62 bits per heavy atom. The Morgan fingerprint density at radius 1 is 1.08 bits per heavy atom. The Balaban J connectivity index is 1.95. The van der Waals surface area contributed by atoms with Gasteiger partial charge in [0.1, 0.15) is 13.2 Å². The molecule has 1 aromatic rings. The van der Waals surface area contributed by atoms with Gasteiger partial charge in [-0.15, -0.1) is 0 Å². The molecule has 1 aliphatic heterocycles. The zero-order chi connectivity index (χ0) is 19.6. The van der Waals surface area contributed by atoms with E-state index in [1.807, 2.05) is 27.7 Å². The van der Waals surface area contributed by atoms with Crippen molar-refractivity contribution in [2.45, 2.75) is 51.7 Å². The van der Waals surface area contributed by atoms with Gasteiger partial charge in [0.05, 0.1) is 17.8 Å². The minimum absolute atomic E-state index is 0.0493. The smallest absolute Gasteiger partial charge is 0.463 e. The summed E-state index contributed by atoms with van der Waals surface area (Å²) in [5, 5.41) is 0. The molecule has 1 aliphatic rings. The van der Waals surface area contributed by atoms with Crippen molar-refractivity contribution in [3.63, 3.8) is 0 Å². The minimum Gasteiger partial charge on any atom is -0.463 e. The second-order valence-electron chi connectivity index (χ2n) is 7.31. The van der Waals surface area contributed by atoms with Crippen LogP contribution in [-0.4, -0.2) is 44.1 Å². The molecule has 0 spiro atoms. The van der Waals surface area contributed by atoms with Crippen LogP contribution < -0.4 is 5.46 Å². The van der Waals surface area contributed by atoms with E-state index in [1.165, 1.54) is 19.1 Å². The highest BCUT2D eigenvalue weighted by Gasteiger charge is 2.51. The number of rotatable bonds is 7. The van der Waals surface area contributed by atoms with Crippen LogP contribution in [0.3, 0.4) is 0 Å². The van der Waals surface area contributed by atoms with Crippen LogP contribution in [0.15, 0.2) is 24.3 Å². The summed E-state index contributed by atoms with van der Waals surface area (Å²) in [5.41, 5.74) is -0.462. The van der Waals surface area contributed by atoms with Crippen LogP contribution in [-0.2, 0) is 29.5 Å². The van der Waals surface area contributed by atoms with Crippen LogP contribution in [0.2, 0.25) is 0 Å². The molecule has 8 heteroatoms. The third kappa shape index (κ3) is 4.81. The lowest BCUT2D eigenvalue weighted by atomic mass is 9.78. The Hall–Kier alpha value is -1.51. The van der Waals surface area contributed by atoms with Crippen molar-refractivity contribution in [2.75, 3.05) is 19.8 Å². The molecule has 1 fully saturated rings. The van der Waals surface area contributed by atoms with E-state index in [4.69, 9.17) is 14.0 Å². The van der Waals surface area contributed by atoms with Crippen molar-refractivity contribution in [1.29, 1.82) is 0 Å². The lowest BCUT2D eigenvalue weighted by molar-refractivity contribution is -0.144. The topological polar surface area (TPSA) is 54.0 Å². The largest absolute Gasteiger partial charge is 0.494 e. The fourth-order valence-electron chi connectivity index (χ4n) is 2.39. The molecule has 0 saturated carbocycles. The predicted molar refractivity (Wildman–Crippen MR) is 93.5 cm³/mol. The monoisotopic (exact) mass is 370 g/mol. The molecule has 1 saturated heterocycles. The second-order valence-corrected chi connectivity index (χ2v) is 7.31.